The molecule has 7 heteroatoms. The van der Waals surface area contributed by atoms with Gasteiger partial charge < -0.3 is 5.32 Å². The van der Waals surface area contributed by atoms with E-state index in [2.05, 4.69) is 10.0 Å². The molecular weight excluding hydrogens is 303 g/mol. The van der Waals surface area contributed by atoms with E-state index in [-0.39, 0.29) is 15.3 Å². The lowest BCUT2D eigenvalue weighted by Crippen LogP contribution is -2.43. The van der Waals surface area contributed by atoms with Crippen molar-refractivity contribution in [1.29, 1.82) is 0 Å². The summed E-state index contributed by atoms with van der Waals surface area (Å²) in [6.07, 6.45) is 1.78. The molecule has 20 heavy (non-hydrogen) atoms. The first-order valence-electron chi connectivity index (χ1n) is 6.48. The fourth-order valence-corrected chi connectivity index (χ4v) is 3.66. The van der Waals surface area contributed by atoms with E-state index < -0.39 is 15.8 Å². The van der Waals surface area contributed by atoms with Crippen LogP contribution in [0.3, 0.4) is 0 Å². The fourth-order valence-electron chi connectivity index (χ4n) is 2.25. The van der Waals surface area contributed by atoms with E-state index >= 15 is 0 Å². The monoisotopic (exact) mass is 320 g/mol. The normalized spacial score (nSPS) is 18.9. The number of piperidine rings is 1. The maximum Gasteiger partial charge on any atom is 0.243 e. The second-order valence-corrected chi connectivity index (χ2v) is 7.63. The standard InChI is InChI=1S/C13H18ClFN2O2S/c1-13(4-6-16-7-5-13)9-17-20(18,19)12-3-2-10(14)8-11(12)15/h2-3,8,16-17H,4-7,9H2,1H3. The molecule has 0 atom stereocenters. The summed E-state index contributed by atoms with van der Waals surface area (Å²) in [5.74, 6) is -0.833. The van der Waals surface area contributed by atoms with Crippen molar-refractivity contribution in [3.63, 3.8) is 0 Å². The zero-order valence-electron chi connectivity index (χ0n) is 11.2. The zero-order valence-corrected chi connectivity index (χ0v) is 12.8. The molecule has 0 bridgehead atoms. The van der Waals surface area contributed by atoms with Crippen molar-refractivity contribution < 1.29 is 12.8 Å². The molecule has 0 amide bonds. The molecule has 1 saturated heterocycles. The van der Waals surface area contributed by atoms with Gasteiger partial charge in [0.15, 0.2) is 0 Å². The van der Waals surface area contributed by atoms with Gasteiger partial charge in [-0.1, -0.05) is 18.5 Å². The first-order chi connectivity index (χ1) is 9.32. The van der Waals surface area contributed by atoms with Crippen LogP contribution >= 0.6 is 11.6 Å². The van der Waals surface area contributed by atoms with E-state index in [1.54, 1.807) is 0 Å². The number of benzene rings is 1. The highest BCUT2D eigenvalue weighted by atomic mass is 35.5. The second kappa shape index (κ2) is 5.97. The van der Waals surface area contributed by atoms with E-state index in [9.17, 15) is 12.8 Å². The van der Waals surface area contributed by atoms with Gasteiger partial charge in [-0.25, -0.2) is 17.5 Å². The minimum atomic E-state index is -3.85. The van der Waals surface area contributed by atoms with Crippen LogP contribution < -0.4 is 10.0 Å². The number of nitrogens with one attached hydrogen (secondary N) is 2. The van der Waals surface area contributed by atoms with Crippen molar-refractivity contribution in [2.75, 3.05) is 19.6 Å². The van der Waals surface area contributed by atoms with Crippen LogP contribution in [0.25, 0.3) is 0 Å². The van der Waals surface area contributed by atoms with Crippen LogP contribution in [0.2, 0.25) is 5.02 Å². The average Bonchev–Trinajstić information content (AvgIpc) is 2.37. The third-order valence-corrected chi connectivity index (χ3v) is 5.35. The molecule has 1 heterocycles. The lowest BCUT2D eigenvalue weighted by Gasteiger charge is -2.34. The van der Waals surface area contributed by atoms with Crippen LogP contribution in [0.15, 0.2) is 23.1 Å². The number of sulfonamides is 1. The van der Waals surface area contributed by atoms with Crippen molar-refractivity contribution in [3.05, 3.63) is 29.0 Å². The summed E-state index contributed by atoms with van der Waals surface area (Å²) in [6, 6.07) is 3.55. The average molecular weight is 321 g/mol. The van der Waals surface area contributed by atoms with Crippen molar-refractivity contribution in [3.8, 4) is 0 Å². The van der Waals surface area contributed by atoms with Crippen molar-refractivity contribution >= 4 is 21.6 Å². The molecular formula is C13H18ClFN2O2S. The summed E-state index contributed by atoms with van der Waals surface area (Å²) in [7, 11) is -3.85. The van der Waals surface area contributed by atoms with Crippen LogP contribution in [0, 0.1) is 11.2 Å². The molecule has 0 aromatic heterocycles. The molecule has 112 valence electrons. The van der Waals surface area contributed by atoms with E-state index in [4.69, 9.17) is 11.6 Å². The molecule has 1 aliphatic rings. The highest BCUT2D eigenvalue weighted by Crippen LogP contribution is 2.27. The molecule has 1 aromatic rings. The Kier molecular flexibility index (Phi) is 4.69. The topological polar surface area (TPSA) is 58.2 Å². The number of hydrogen-bond donors (Lipinski definition) is 2. The molecule has 2 N–H and O–H groups in total. The molecule has 0 unspecified atom stereocenters. The van der Waals surface area contributed by atoms with Gasteiger partial charge in [0.05, 0.1) is 0 Å². The molecule has 0 radical (unpaired) electrons. The van der Waals surface area contributed by atoms with E-state index in [1.807, 2.05) is 6.92 Å². The van der Waals surface area contributed by atoms with Gasteiger partial charge in [0.1, 0.15) is 10.7 Å². The molecule has 1 aromatic carbocycles. The van der Waals surface area contributed by atoms with Crippen LogP contribution in [0.5, 0.6) is 0 Å². The lowest BCUT2D eigenvalue weighted by atomic mass is 9.81. The van der Waals surface area contributed by atoms with Crippen molar-refractivity contribution in [2.24, 2.45) is 5.41 Å². The van der Waals surface area contributed by atoms with Gasteiger partial charge in [0, 0.05) is 11.6 Å². The van der Waals surface area contributed by atoms with Crippen molar-refractivity contribution in [2.45, 2.75) is 24.7 Å². The van der Waals surface area contributed by atoms with Gasteiger partial charge in [-0.3, -0.25) is 0 Å². The van der Waals surface area contributed by atoms with Gasteiger partial charge in [0.25, 0.3) is 0 Å². The summed E-state index contributed by atoms with van der Waals surface area (Å²) in [6.45, 7) is 4.08. The minimum Gasteiger partial charge on any atom is -0.317 e. The number of hydrogen-bond acceptors (Lipinski definition) is 3. The molecule has 0 spiro atoms. The first kappa shape index (κ1) is 15.7. The highest BCUT2D eigenvalue weighted by Gasteiger charge is 2.29. The molecule has 0 aliphatic carbocycles. The number of rotatable bonds is 4. The quantitative estimate of drug-likeness (QED) is 0.893. The summed E-state index contributed by atoms with van der Waals surface area (Å²) in [5.41, 5.74) is -0.0960. The SMILES string of the molecule is CC1(CNS(=O)(=O)c2ccc(Cl)cc2F)CCNCC1. The summed E-state index contributed by atoms with van der Waals surface area (Å²) in [4.78, 5) is -0.362. The Morgan fingerprint density at radius 1 is 1.40 bits per heavy atom. The molecule has 0 saturated carbocycles. The molecule has 1 aliphatic heterocycles. The Labute approximate surface area is 123 Å². The summed E-state index contributed by atoms with van der Waals surface area (Å²) >= 11 is 5.63. The van der Waals surface area contributed by atoms with Crippen LogP contribution in [-0.4, -0.2) is 28.1 Å². The third-order valence-electron chi connectivity index (χ3n) is 3.68. The molecule has 1 fully saturated rings. The first-order valence-corrected chi connectivity index (χ1v) is 8.34. The van der Waals surface area contributed by atoms with Gasteiger partial charge in [-0.15, -0.1) is 0 Å². The summed E-state index contributed by atoms with van der Waals surface area (Å²) < 4.78 is 40.5. The van der Waals surface area contributed by atoms with Gasteiger partial charge >= 0.3 is 0 Å². The van der Waals surface area contributed by atoms with Gasteiger partial charge in [-0.05, 0) is 49.5 Å². The largest absolute Gasteiger partial charge is 0.317 e. The number of halogens is 2. The Hall–Kier alpha value is -0.690. The minimum absolute atomic E-state index is 0.0960. The lowest BCUT2D eigenvalue weighted by molar-refractivity contribution is 0.232. The molecule has 4 nitrogen and oxygen atoms in total. The van der Waals surface area contributed by atoms with E-state index in [1.165, 1.54) is 12.1 Å². The maximum absolute atomic E-state index is 13.7. The third kappa shape index (κ3) is 3.69. The highest BCUT2D eigenvalue weighted by molar-refractivity contribution is 7.89. The zero-order chi connectivity index (χ0) is 14.8. The predicted molar refractivity (Wildman–Crippen MR) is 76.8 cm³/mol. The van der Waals surface area contributed by atoms with Crippen LogP contribution in [0.4, 0.5) is 4.39 Å². The van der Waals surface area contributed by atoms with Gasteiger partial charge in [0.2, 0.25) is 10.0 Å². The summed E-state index contributed by atoms with van der Waals surface area (Å²) in [5, 5.41) is 3.41. The maximum atomic E-state index is 13.7. The smallest absolute Gasteiger partial charge is 0.243 e. The van der Waals surface area contributed by atoms with Crippen LogP contribution in [-0.2, 0) is 10.0 Å². The predicted octanol–water partition coefficient (Wildman–Crippen LogP) is 2.15. The van der Waals surface area contributed by atoms with E-state index in [0.717, 1.165) is 32.0 Å². The Bertz CT molecular complexity index is 586. The Morgan fingerprint density at radius 2 is 2.05 bits per heavy atom. The van der Waals surface area contributed by atoms with Crippen molar-refractivity contribution in [1.82, 2.24) is 10.0 Å². The van der Waals surface area contributed by atoms with Crippen LogP contribution in [0.1, 0.15) is 19.8 Å². The fraction of sp³-hybridized carbons (Fsp3) is 0.538. The van der Waals surface area contributed by atoms with Gasteiger partial charge in [-0.2, -0.15) is 0 Å². The second-order valence-electron chi connectivity index (χ2n) is 5.46. The van der Waals surface area contributed by atoms with E-state index in [0.29, 0.717) is 6.54 Å². The Balaban J connectivity index is 2.11. The Morgan fingerprint density at radius 3 is 2.65 bits per heavy atom. The molecule has 2 rings (SSSR count).